The zero-order chi connectivity index (χ0) is 15.2. The zero-order valence-electron chi connectivity index (χ0n) is 11.4. The molecule has 0 aromatic heterocycles. The zero-order valence-corrected chi connectivity index (χ0v) is 12.2. The number of anilines is 1. The summed E-state index contributed by atoms with van der Waals surface area (Å²) in [5, 5.41) is 12.0. The van der Waals surface area contributed by atoms with Gasteiger partial charge in [-0.05, 0) is 11.6 Å². The molecule has 0 aliphatic carbocycles. The van der Waals surface area contributed by atoms with Crippen molar-refractivity contribution in [3.8, 4) is 12.3 Å². The number of carboxylic acid groups (broad SMARTS) is 1. The van der Waals surface area contributed by atoms with Crippen LogP contribution in [0.5, 0.6) is 0 Å². The molecule has 1 aliphatic heterocycles. The van der Waals surface area contributed by atoms with E-state index >= 15 is 0 Å². The number of aliphatic carboxylic acids is 1. The van der Waals surface area contributed by atoms with Crippen molar-refractivity contribution < 1.29 is 14.7 Å². The number of benzene rings is 1. The van der Waals surface area contributed by atoms with Crippen molar-refractivity contribution in [1.82, 2.24) is 5.32 Å². The van der Waals surface area contributed by atoms with Gasteiger partial charge in [0, 0.05) is 24.4 Å². The number of terminal acetylenes is 1. The van der Waals surface area contributed by atoms with Crippen LogP contribution in [-0.2, 0) is 11.2 Å². The monoisotopic (exact) mass is 304 g/mol. The van der Waals surface area contributed by atoms with E-state index < -0.39 is 12.0 Å². The number of fused-ring (bicyclic) bond motifs is 1. The van der Waals surface area contributed by atoms with Gasteiger partial charge >= 0.3 is 12.0 Å². The van der Waals surface area contributed by atoms with Gasteiger partial charge in [-0.15, -0.1) is 18.2 Å². The van der Waals surface area contributed by atoms with Gasteiger partial charge in [0.2, 0.25) is 0 Å². The highest BCUT2D eigenvalue weighted by atomic mass is 32.2. The number of carbonyl (C=O) groups excluding carboxylic acids is 1. The number of amides is 2. The highest BCUT2D eigenvalue weighted by Gasteiger charge is 2.38. The van der Waals surface area contributed by atoms with Crippen LogP contribution in [0.4, 0.5) is 10.5 Å². The van der Waals surface area contributed by atoms with Gasteiger partial charge in [0.15, 0.2) is 0 Å². The number of para-hydroxylation sites is 1. The van der Waals surface area contributed by atoms with Crippen molar-refractivity contribution in [2.75, 3.05) is 23.0 Å². The van der Waals surface area contributed by atoms with E-state index in [0.29, 0.717) is 30.2 Å². The minimum atomic E-state index is -0.997. The van der Waals surface area contributed by atoms with Crippen LogP contribution < -0.4 is 10.2 Å². The van der Waals surface area contributed by atoms with E-state index in [9.17, 15) is 14.7 Å². The number of hydrogen-bond donors (Lipinski definition) is 2. The third-order valence-electron chi connectivity index (χ3n) is 3.19. The average Bonchev–Trinajstić information content (AvgIpc) is 2.86. The normalized spacial score (nSPS) is 16.1. The first kappa shape index (κ1) is 15.3. The number of urea groups is 1. The number of thioether (sulfide) groups is 1. The maximum Gasteiger partial charge on any atom is 0.327 e. The van der Waals surface area contributed by atoms with Crippen molar-refractivity contribution in [1.29, 1.82) is 0 Å². The Morgan fingerprint density at radius 3 is 2.95 bits per heavy atom. The fraction of sp³-hybridized carbons (Fsp3) is 0.333. The highest BCUT2D eigenvalue weighted by molar-refractivity contribution is 7.99. The van der Waals surface area contributed by atoms with E-state index in [1.807, 2.05) is 12.1 Å². The van der Waals surface area contributed by atoms with Gasteiger partial charge < -0.3 is 10.4 Å². The summed E-state index contributed by atoms with van der Waals surface area (Å²) in [7, 11) is 0. The molecule has 1 aliphatic rings. The molecule has 0 fully saturated rings. The van der Waals surface area contributed by atoms with E-state index in [1.165, 1.54) is 4.90 Å². The molecule has 0 unspecified atom stereocenters. The molecule has 6 heteroatoms. The molecule has 0 bridgehead atoms. The topological polar surface area (TPSA) is 69.6 Å². The molecule has 1 aromatic carbocycles. The summed E-state index contributed by atoms with van der Waals surface area (Å²) in [5.74, 6) is 2.81. The Kier molecular flexibility index (Phi) is 5.12. The van der Waals surface area contributed by atoms with Crippen LogP contribution in [0.2, 0.25) is 0 Å². The predicted molar refractivity (Wildman–Crippen MR) is 83.6 cm³/mol. The van der Waals surface area contributed by atoms with E-state index in [2.05, 4.69) is 11.2 Å². The van der Waals surface area contributed by atoms with Gasteiger partial charge in [0.1, 0.15) is 6.04 Å². The second kappa shape index (κ2) is 7.04. The number of rotatable bonds is 5. The minimum absolute atomic E-state index is 0.338. The molecule has 0 spiro atoms. The minimum Gasteiger partial charge on any atom is -0.480 e. The lowest BCUT2D eigenvalue weighted by Gasteiger charge is -2.22. The Morgan fingerprint density at radius 1 is 1.48 bits per heavy atom. The first-order valence-electron chi connectivity index (χ1n) is 6.54. The van der Waals surface area contributed by atoms with E-state index in [-0.39, 0.29) is 6.03 Å². The summed E-state index contributed by atoms with van der Waals surface area (Å²) in [5.41, 5.74) is 1.54. The number of carbonyl (C=O) groups is 2. The van der Waals surface area contributed by atoms with Crippen molar-refractivity contribution in [2.24, 2.45) is 0 Å². The van der Waals surface area contributed by atoms with Crippen LogP contribution in [0.1, 0.15) is 5.56 Å². The fourth-order valence-electron chi connectivity index (χ4n) is 2.28. The molecule has 0 radical (unpaired) electrons. The van der Waals surface area contributed by atoms with Gasteiger partial charge in [-0.3, -0.25) is 4.90 Å². The summed E-state index contributed by atoms with van der Waals surface area (Å²) in [6.07, 6.45) is 5.48. The van der Waals surface area contributed by atoms with Crippen LogP contribution in [-0.4, -0.2) is 41.2 Å². The summed E-state index contributed by atoms with van der Waals surface area (Å²) in [6, 6.07) is 6.03. The predicted octanol–water partition coefficient (Wildman–Crippen LogP) is 1.58. The number of carboxylic acids is 1. The van der Waals surface area contributed by atoms with Crippen molar-refractivity contribution >= 4 is 29.4 Å². The lowest BCUT2D eigenvalue weighted by Crippen LogP contribution is -2.48. The third-order valence-corrected chi connectivity index (χ3v) is 4.05. The van der Waals surface area contributed by atoms with E-state index in [1.54, 1.807) is 23.9 Å². The Balaban J connectivity index is 2.03. The maximum absolute atomic E-state index is 12.3. The Hall–Kier alpha value is -2.13. The van der Waals surface area contributed by atoms with Gasteiger partial charge in [-0.25, -0.2) is 9.59 Å². The van der Waals surface area contributed by atoms with Crippen molar-refractivity contribution in [3.63, 3.8) is 0 Å². The standard InChI is InChI=1S/C15H16N2O3S/c1-2-8-21-9-7-16-15(20)17-12-6-4-3-5-11(12)10-13(17)14(18)19/h1,3-6,13H,7-10H2,(H,16,20)(H,18,19)/t13-/m0/s1. The van der Waals surface area contributed by atoms with Crippen LogP contribution in [0.15, 0.2) is 24.3 Å². The molecule has 2 N–H and O–H groups in total. The van der Waals surface area contributed by atoms with Crippen LogP contribution in [0, 0.1) is 12.3 Å². The summed E-state index contributed by atoms with van der Waals surface area (Å²) >= 11 is 1.54. The molecule has 0 saturated carbocycles. The van der Waals surface area contributed by atoms with Crippen LogP contribution in [0.3, 0.4) is 0 Å². The molecule has 1 atom stereocenters. The highest BCUT2D eigenvalue weighted by Crippen LogP contribution is 2.32. The SMILES string of the molecule is C#CCSCCNC(=O)N1c2ccccc2C[C@H]1C(=O)O. The molecular formula is C15H16N2O3S. The van der Waals surface area contributed by atoms with Crippen molar-refractivity contribution in [3.05, 3.63) is 29.8 Å². The van der Waals surface area contributed by atoms with Crippen LogP contribution >= 0.6 is 11.8 Å². The fourth-order valence-corrected chi connectivity index (χ4v) is 2.79. The largest absolute Gasteiger partial charge is 0.480 e. The van der Waals surface area contributed by atoms with Gasteiger partial charge in [0.25, 0.3) is 0 Å². The maximum atomic E-state index is 12.3. The Bertz CT molecular complexity index is 583. The Morgan fingerprint density at radius 2 is 2.24 bits per heavy atom. The first-order valence-corrected chi connectivity index (χ1v) is 7.69. The number of nitrogens with zero attached hydrogens (tertiary/aromatic N) is 1. The second-order valence-corrected chi connectivity index (χ2v) is 5.65. The second-order valence-electron chi connectivity index (χ2n) is 4.55. The van der Waals surface area contributed by atoms with Gasteiger partial charge in [-0.2, -0.15) is 0 Å². The summed E-state index contributed by atoms with van der Waals surface area (Å²) < 4.78 is 0. The number of hydrogen-bond acceptors (Lipinski definition) is 3. The summed E-state index contributed by atoms with van der Waals surface area (Å²) in [4.78, 5) is 24.9. The molecule has 2 amide bonds. The smallest absolute Gasteiger partial charge is 0.327 e. The average molecular weight is 304 g/mol. The van der Waals surface area contributed by atoms with Crippen LogP contribution in [0.25, 0.3) is 0 Å². The van der Waals surface area contributed by atoms with E-state index in [4.69, 9.17) is 6.42 Å². The molecular weight excluding hydrogens is 288 g/mol. The lowest BCUT2D eigenvalue weighted by atomic mass is 10.1. The van der Waals surface area contributed by atoms with Gasteiger partial charge in [-0.1, -0.05) is 24.1 Å². The Labute approximate surface area is 127 Å². The van der Waals surface area contributed by atoms with Crippen molar-refractivity contribution in [2.45, 2.75) is 12.5 Å². The molecule has 1 aromatic rings. The molecule has 1 heterocycles. The summed E-state index contributed by atoms with van der Waals surface area (Å²) in [6.45, 7) is 0.455. The molecule has 5 nitrogen and oxygen atoms in total. The molecule has 110 valence electrons. The first-order chi connectivity index (χ1) is 10.1. The third kappa shape index (κ3) is 3.50. The number of nitrogens with one attached hydrogen (secondary N) is 1. The quantitative estimate of drug-likeness (QED) is 0.640. The van der Waals surface area contributed by atoms with Gasteiger partial charge in [0.05, 0.1) is 5.75 Å². The molecule has 21 heavy (non-hydrogen) atoms. The molecule has 2 rings (SSSR count). The van der Waals surface area contributed by atoms with E-state index in [0.717, 1.165) is 5.56 Å². The lowest BCUT2D eigenvalue weighted by molar-refractivity contribution is -0.138. The molecule has 0 saturated heterocycles.